The van der Waals surface area contributed by atoms with Crippen LogP contribution in [-0.4, -0.2) is 11.9 Å². The molecule has 134 valence electrons. The van der Waals surface area contributed by atoms with Gasteiger partial charge in [0.15, 0.2) is 6.10 Å². The Morgan fingerprint density at radius 1 is 0.963 bits per heavy atom. The molecule has 0 aliphatic heterocycles. The Morgan fingerprint density at radius 3 is 2.37 bits per heavy atom. The van der Waals surface area contributed by atoms with Crippen molar-refractivity contribution in [2.24, 2.45) is 0 Å². The Kier molecular flexibility index (Phi) is 4.24. The molecule has 1 atom stereocenters. The van der Waals surface area contributed by atoms with Crippen LogP contribution < -0.4 is 10.4 Å². The predicted octanol–water partition coefficient (Wildman–Crippen LogP) is 4.90. The van der Waals surface area contributed by atoms with Crippen molar-refractivity contribution in [3.63, 3.8) is 0 Å². The van der Waals surface area contributed by atoms with Gasteiger partial charge in [0.25, 0.3) is 0 Å². The summed E-state index contributed by atoms with van der Waals surface area (Å²) in [5.41, 5.74) is 1.58. The van der Waals surface area contributed by atoms with Crippen LogP contribution in [0.4, 0.5) is 0 Å². The summed E-state index contributed by atoms with van der Waals surface area (Å²) in [5.74, 6) is 0.392. The van der Waals surface area contributed by atoms with Crippen LogP contribution in [0.25, 0.3) is 21.7 Å². The molecule has 0 aliphatic rings. The highest BCUT2D eigenvalue weighted by Gasteiger charge is 2.18. The van der Waals surface area contributed by atoms with Gasteiger partial charge >= 0.3 is 5.63 Å². The lowest BCUT2D eigenvalue weighted by Crippen LogP contribution is -2.23. The Bertz CT molecular complexity index is 1210. The van der Waals surface area contributed by atoms with Gasteiger partial charge in [-0.25, -0.2) is 4.79 Å². The highest BCUT2D eigenvalue weighted by molar-refractivity contribution is 6.06. The van der Waals surface area contributed by atoms with Crippen molar-refractivity contribution in [2.45, 2.75) is 20.0 Å². The van der Waals surface area contributed by atoms with Crippen molar-refractivity contribution >= 4 is 27.5 Å². The Hall–Kier alpha value is -3.40. The molecular weight excluding hydrogens is 340 g/mol. The molecule has 0 saturated heterocycles. The minimum Gasteiger partial charge on any atom is -0.482 e. The van der Waals surface area contributed by atoms with Crippen molar-refractivity contribution in [1.29, 1.82) is 0 Å². The summed E-state index contributed by atoms with van der Waals surface area (Å²) in [7, 11) is 0. The number of rotatable bonds is 4. The molecule has 4 heteroatoms. The first-order valence-corrected chi connectivity index (χ1v) is 8.77. The van der Waals surface area contributed by atoms with E-state index >= 15 is 0 Å². The van der Waals surface area contributed by atoms with E-state index < -0.39 is 6.10 Å². The van der Waals surface area contributed by atoms with Crippen LogP contribution in [0.2, 0.25) is 0 Å². The molecule has 4 rings (SSSR count). The molecule has 1 heterocycles. The van der Waals surface area contributed by atoms with Crippen molar-refractivity contribution in [1.82, 2.24) is 0 Å². The number of hydrogen-bond donors (Lipinski definition) is 0. The van der Waals surface area contributed by atoms with Gasteiger partial charge in [-0.3, -0.25) is 4.79 Å². The van der Waals surface area contributed by atoms with Crippen LogP contribution in [0.15, 0.2) is 75.9 Å². The molecule has 1 aromatic heterocycles. The van der Waals surface area contributed by atoms with E-state index in [1.54, 1.807) is 31.2 Å². The molecule has 0 saturated carbocycles. The summed E-state index contributed by atoms with van der Waals surface area (Å²) < 4.78 is 11.4. The third-order valence-electron chi connectivity index (χ3n) is 4.63. The van der Waals surface area contributed by atoms with Crippen molar-refractivity contribution in [3.8, 4) is 5.75 Å². The molecule has 3 aromatic carbocycles. The fraction of sp³-hybridized carbons (Fsp3) is 0.130. The van der Waals surface area contributed by atoms with E-state index in [-0.39, 0.29) is 11.4 Å². The standard InChI is InChI=1S/C23H18O4/c1-14-12-17(26-15(2)22(24)16-8-4-3-5-9-16)13-20-21(14)18-10-6-7-11-19(18)23(25)27-20/h3-13,15H,1-2H3/t15-/m1/s1. The van der Waals surface area contributed by atoms with Crippen LogP contribution in [-0.2, 0) is 0 Å². The van der Waals surface area contributed by atoms with Gasteiger partial charge in [-0.05, 0) is 31.5 Å². The summed E-state index contributed by atoms with van der Waals surface area (Å²) in [6.07, 6.45) is -0.656. The normalized spacial score (nSPS) is 12.2. The van der Waals surface area contributed by atoms with Gasteiger partial charge < -0.3 is 9.15 Å². The molecular formula is C23H18O4. The van der Waals surface area contributed by atoms with E-state index in [1.807, 2.05) is 49.4 Å². The fourth-order valence-corrected chi connectivity index (χ4v) is 3.35. The zero-order chi connectivity index (χ0) is 19.0. The molecule has 4 nitrogen and oxygen atoms in total. The maximum Gasteiger partial charge on any atom is 0.344 e. The number of fused-ring (bicyclic) bond motifs is 3. The smallest absolute Gasteiger partial charge is 0.344 e. The lowest BCUT2D eigenvalue weighted by Gasteiger charge is -2.15. The predicted molar refractivity (Wildman–Crippen MR) is 106 cm³/mol. The van der Waals surface area contributed by atoms with E-state index in [0.29, 0.717) is 22.3 Å². The highest BCUT2D eigenvalue weighted by atomic mass is 16.5. The average Bonchev–Trinajstić information content (AvgIpc) is 2.68. The number of carbonyl (C=O) groups is 1. The number of hydrogen-bond acceptors (Lipinski definition) is 4. The van der Waals surface area contributed by atoms with E-state index in [1.165, 1.54) is 0 Å². The van der Waals surface area contributed by atoms with Crippen LogP contribution in [0.1, 0.15) is 22.8 Å². The quantitative estimate of drug-likeness (QED) is 0.296. The molecule has 4 aromatic rings. The molecule has 27 heavy (non-hydrogen) atoms. The molecule has 0 N–H and O–H groups in total. The van der Waals surface area contributed by atoms with Crippen LogP contribution >= 0.6 is 0 Å². The van der Waals surface area contributed by atoms with Crippen molar-refractivity contribution in [2.75, 3.05) is 0 Å². The maximum absolute atomic E-state index is 12.5. The van der Waals surface area contributed by atoms with Gasteiger partial charge in [-0.2, -0.15) is 0 Å². The lowest BCUT2D eigenvalue weighted by molar-refractivity contribution is 0.0818. The van der Waals surface area contributed by atoms with Gasteiger partial charge in [0, 0.05) is 22.4 Å². The summed E-state index contributed by atoms with van der Waals surface area (Å²) >= 11 is 0. The van der Waals surface area contributed by atoms with Gasteiger partial charge in [-0.15, -0.1) is 0 Å². The van der Waals surface area contributed by atoms with Gasteiger partial charge in [0.1, 0.15) is 11.3 Å². The molecule has 0 amide bonds. The monoisotopic (exact) mass is 358 g/mol. The topological polar surface area (TPSA) is 56.5 Å². The molecule has 0 radical (unpaired) electrons. The number of aryl methyl sites for hydroxylation is 1. The van der Waals surface area contributed by atoms with E-state index in [2.05, 4.69) is 0 Å². The first-order chi connectivity index (χ1) is 13.0. The first-order valence-electron chi connectivity index (χ1n) is 8.77. The molecule has 0 fully saturated rings. The minimum atomic E-state index is -0.656. The third-order valence-corrected chi connectivity index (χ3v) is 4.63. The second-order valence-electron chi connectivity index (χ2n) is 6.54. The molecule has 0 spiro atoms. The van der Waals surface area contributed by atoms with Crippen LogP contribution in [0.3, 0.4) is 0 Å². The minimum absolute atomic E-state index is 0.103. The number of Topliss-reactive ketones (excluding diaryl/α,β-unsaturated/α-hetero) is 1. The first kappa shape index (κ1) is 17.0. The number of carbonyl (C=O) groups excluding carboxylic acids is 1. The van der Waals surface area contributed by atoms with Crippen LogP contribution in [0.5, 0.6) is 5.75 Å². The number of ether oxygens (including phenoxy) is 1. The second kappa shape index (κ2) is 6.72. The van der Waals surface area contributed by atoms with Gasteiger partial charge in [0.05, 0.1) is 5.39 Å². The van der Waals surface area contributed by atoms with Crippen molar-refractivity contribution in [3.05, 3.63) is 88.3 Å². The van der Waals surface area contributed by atoms with Gasteiger partial charge in [0.2, 0.25) is 5.78 Å². The SMILES string of the molecule is Cc1cc(O[C@H](C)C(=O)c2ccccc2)cc2oc(=O)c3ccccc3c12. The van der Waals surface area contributed by atoms with E-state index in [4.69, 9.17) is 9.15 Å². The largest absolute Gasteiger partial charge is 0.482 e. The molecule has 0 unspecified atom stereocenters. The lowest BCUT2D eigenvalue weighted by atomic mass is 10.0. The average molecular weight is 358 g/mol. The van der Waals surface area contributed by atoms with E-state index in [9.17, 15) is 9.59 Å². The fourth-order valence-electron chi connectivity index (χ4n) is 3.35. The summed E-state index contributed by atoms with van der Waals surface area (Å²) in [4.78, 5) is 24.8. The Balaban J connectivity index is 1.74. The van der Waals surface area contributed by atoms with E-state index in [0.717, 1.165) is 16.3 Å². The Labute approximate surface area is 156 Å². The molecule has 0 aliphatic carbocycles. The number of benzene rings is 3. The third kappa shape index (κ3) is 3.10. The zero-order valence-corrected chi connectivity index (χ0v) is 15.1. The number of ketones is 1. The summed E-state index contributed by atoms with van der Waals surface area (Å²) in [6, 6.07) is 19.9. The Morgan fingerprint density at radius 2 is 1.63 bits per heavy atom. The molecule has 0 bridgehead atoms. The summed E-state index contributed by atoms with van der Waals surface area (Å²) in [6.45, 7) is 3.65. The van der Waals surface area contributed by atoms with Crippen LogP contribution in [0, 0.1) is 6.92 Å². The van der Waals surface area contributed by atoms with Gasteiger partial charge in [-0.1, -0.05) is 48.5 Å². The maximum atomic E-state index is 12.5. The zero-order valence-electron chi connectivity index (χ0n) is 15.1. The second-order valence-corrected chi connectivity index (χ2v) is 6.54. The summed E-state index contributed by atoms with van der Waals surface area (Å²) in [5, 5.41) is 2.27. The van der Waals surface area contributed by atoms with Crippen molar-refractivity contribution < 1.29 is 13.9 Å². The highest BCUT2D eigenvalue weighted by Crippen LogP contribution is 2.30.